The van der Waals surface area contributed by atoms with Crippen molar-refractivity contribution in [1.82, 2.24) is 0 Å². The molecule has 0 spiro atoms. The van der Waals surface area contributed by atoms with E-state index in [9.17, 15) is 4.79 Å². The number of benzene rings is 1. The Labute approximate surface area is 94.1 Å². The number of carbonyl (C=O) groups excluding carboxylic acids is 1. The summed E-state index contributed by atoms with van der Waals surface area (Å²) in [5.74, 6) is -0.340. The zero-order valence-corrected chi connectivity index (χ0v) is 9.09. The van der Waals surface area contributed by atoms with Crippen molar-refractivity contribution < 1.29 is 19.0 Å². The molecule has 0 aliphatic carbocycles. The molecule has 1 aromatic carbocycles. The SMILES string of the molecule is CC1OCC(OC(=O)c2ccccc2)CO1. The molecule has 16 heavy (non-hydrogen) atoms. The number of hydrogen-bond donors (Lipinski definition) is 0. The van der Waals surface area contributed by atoms with E-state index in [1.807, 2.05) is 13.0 Å². The maximum Gasteiger partial charge on any atom is 0.338 e. The van der Waals surface area contributed by atoms with Crippen LogP contribution >= 0.6 is 0 Å². The average Bonchev–Trinajstić information content (AvgIpc) is 2.33. The van der Waals surface area contributed by atoms with Gasteiger partial charge in [0.15, 0.2) is 6.29 Å². The Kier molecular flexibility index (Phi) is 3.54. The van der Waals surface area contributed by atoms with E-state index in [1.165, 1.54) is 0 Å². The Bertz CT molecular complexity index is 341. The van der Waals surface area contributed by atoms with Crippen molar-refractivity contribution in [2.75, 3.05) is 13.2 Å². The van der Waals surface area contributed by atoms with Crippen LogP contribution in [0.2, 0.25) is 0 Å². The van der Waals surface area contributed by atoms with Gasteiger partial charge in [-0.1, -0.05) is 18.2 Å². The summed E-state index contributed by atoms with van der Waals surface area (Å²) in [6, 6.07) is 8.88. The molecular formula is C12H14O4. The van der Waals surface area contributed by atoms with Crippen LogP contribution in [0.25, 0.3) is 0 Å². The van der Waals surface area contributed by atoms with Gasteiger partial charge < -0.3 is 14.2 Å². The maximum absolute atomic E-state index is 11.7. The molecule has 1 heterocycles. The van der Waals surface area contributed by atoms with Crippen molar-refractivity contribution in [3.8, 4) is 0 Å². The van der Waals surface area contributed by atoms with Crippen LogP contribution < -0.4 is 0 Å². The molecule has 0 atom stereocenters. The lowest BCUT2D eigenvalue weighted by Crippen LogP contribution is -2.37. The quantitative estimate of drug-likeness (QED) is 0.713. The third-order valence-electron chi connectivity index (χ3n) is 2.32. The Morgan fingerprint density at radius 2 is 1.88 bits per heavy atom. The highest BCUT2D eigenvalue weighted by molar-refractivity contribution is 5.89. The lowest BCUT2D eigenvalue weighted by molar-refractivity contribution is -0.207. The van der Waals surface area contributed by atoms with Crippen LogP contribution in [0.4, 0.5) is 0 Å². The van der Waals surface area contributed by atoms with Gasteiger partial charge in [0.25, 0.3) is 0 Å². The van der Waals surface area contributed by atoms with E-state index in [0.29, 0.717) is 18.8 Å². The number of ether oxygens (including phenoxy) is 3. The van der Waals surface area contributed by atoms with Gasteiger partial charge in [-0.3, -0.25) is 0 Å². The van der Waals surface area contributed by atoms with Gasteiger partial charge in [-0.25, -0.2) is 4.79 Å². The summed E-state index contributed by atoms with van der Waals surface area (Å²) in [6.45, 7) is 2.59. The van der Waals surface area contributed by atoms with E-state index >= 15 is 0 Å². The molecule has 0 radical (unpaired) electrons. The average molecular weight is 222 g/mol. The van der Waals surface area contributed by atoms with Gasteiger partial charge in [0.05, 0.1) is 18.8 Å². The molecule has 0 amide bonds. The van der Waals surface area contributed by atoms with E-state index in [1.54, 1.807) is 24.3 Å². The minimum Gasteiger partial charge on any atom is -0.454 e. The van der Waals surface area contributed by atoms with Crippen molar-refractivity contribution in [2.24, 2.45) is 0 Å². The van der Waals surface area contributed by atoms with Gasteiger partial charge >= 0.3 is 5.97 Å². The summed E-state index contributed by atoms with van der Waals surface area (Å²) in [5, 5.41) is 0. The van der Waals surface area contributed by atoms with Crippen LogP contribution in [-0.2, 0) is 14.2 Å². The Hall–Kier alpha value is -1.39. The standard InChI is InChI=1S/C12H14O4/c1-9-14-7-11(8-15-9)16-12(13)10-5-3-2-4-6-10/h2-6,9,11H,7-8H2,1H3. The number of hydrogen-bond acceptors (Lipinski definition) is 4. The first-order valence-electron chi connectivity index (χ1n) is 5.25. The molecule has 0 saturated carbocycles. The fourth-order valence-corrected chi connectivity index (χ4v) is 1.44. The van der Waals surface area contributed by atoms with Crippen molar-refractivity contribution in [3.05, 3.63) is 35.9 Å². The third kappa shape index (κ3) is 2.81. The fraction of sp³-hybridized carbons (Fsp3) is 0.417. The second-order valence-corrected chi connectivity index (χ2v) is 3.63. The van der Waals surface area contributed by atoms with Crippen LogP contribution in [-0.4, -0.2) is 31.6 Å². The Morgan fingerprint density at radius 3 is 2.50 bits per heavy atom. The summed E-state index contributed by atoms with van der Waals surface area (Å²) < 4.78 is 15.7. The monoisotopic (exact) mass is 222 g/mol. The number of rotatable bonds is 2. The molecule has 1 saturated heterocycles. The topological polar surface area (TPSA) is 44.8 Å². The van der Waals surface area contributed by atoms with E-state index < -0.39 is 0 Å². The van der Waals surface area contributed by atoms with Crippen LogP contribution in [0.15, 0.2) is 30.3 Å². The predicted octanol–water partition coefficient (Wildman–Crippen LogP) is 1.60. The van der Waals surface area contributed by atoms with Crippen LogP contribution in [0.3, 0.4) is 0 Å². The smallest absolute Gasteiger partial charge is 0.338 e. The summed E-state index contributed by atoms with van der Waals surface area (Å²) in [6.07, 6.45) is -0.532. The molecule has 1 aliphatic rings. The molecular weight excluding hydrogens is 208 g/mol. The van der Waals surface area contributed by atoms with Crippen molar-refractivity contribution in [3.63, 3.8) is 0 Å². The molecule has 4 heteroatoms. The second kappa shape index (κ2) is 5.09. The first-order chi connectivity index (χ1) is 7.75. The van der Waals surface area contributed by atoms with Gasteiger partial charge in [-0.15, -0.1) is 0 Å². The number of esters is 1. The Morgan fingerprint density at radius 1 is 1.25 bits per heavy atom. The molecule has 1 aromatic rings. The minimum atomic E-state index is -0.340. The fourth-order valence-electron chi connectivity index (χ4n) is 1.44. The molecule has 86 valence electrons. The largest absolute Gasteiger partial charge is 0.454 e. The summed E-state index contributed by atoms with van der Waals surface area (Å²) >= 11 is 0. The lowest BCUT2D eigenvalue weighted by atomic mass is 10.2. The highest BCUT2D eigenvalue weighted by Gasteiger charge is 2.22. The normalized spacial score (nSPS) is 25.1. The molecule has 4 nitrogen and oxygen atoms in total. The molecule has 1 fully saturated rings. The van der Waals surface area contributed by atoms with Gasteiger partial charge in [0.1, 0.15) is 6.10 Å². The van der Waals surface area contributed by atoms with Crippen LogP contribution in [0, 0.1) is 0 Å². The summed E-state index contributed by atoms with van der Waals surface area (Å²) in [7, 11) is 0. The Balaban J connectivity index is 1.88. The predicted molar refractivity (Wildman–Crippen MR) is 57.0 cm³/mol. The highest BCUT2D eigenvalue weighted by Crippen LogP contribution is 2.10. The van der Waals surface area contributed by atoms with E-state index in [-0.39, 0.29) is 18.4 Å². The lowest BCUT2D eigenvalue weighted by Gasteiger charge is -2.26. The molecule has 2 rings (SSSR count). The molecule has 0 N–H and O–H groups in total. The zero-order chi connectivity index (χ0) is 11.4. The van der Waals surface area contributed by atoms with E-state index in [4.69, 9.17) is 14.2 Å². The molecule has 0 bridgehead atoms. The van der Waals surface area contributed by atoms with E-state index in [0.717, 1.165) is 0 Å². The molecule has 0 aromatic heterocycles. The molecule has 1 aliphatic heterocycles. The second-order valence-electron chi connectivity index (χ2n) is 3.63. The third-order valence-corrected chi connectivity index (χ3v) is 2.32. The first kappa shape index (κ1) is 11.1. The van der Waals surface area contributed by atoms with Crippen molar-refractivity contribution in [2.45, 2.75) is 19.3 Å². The zero-order valence-electron chi connectivity index (χ0n) is 9.09. The van der Waals surface area contributed by atoms with Gasteiger partial charge in [0, 0.05) is 0 Å². The first-order valence-corrected chi connectivity index (χ1v) is 5.25. The maximum atomic E-state index is 11.7. The van der Waals surface area contributed by atoms with Crippen LogP contribution in [0.5, 0.6) is 0 Å². The van der Waals surface area contributed by atoms with Gasteiger partial charge in [0.2, 0.25) is 0 Å². The minimum absolute atomic E-state index is 0.216. The van der Waals surface area contributed by atoms with Crippen molar-refractivity contribution in [1.29, 1.82) is 0 Å². The van der Waals surface area contributed by atoms with Crippen LogP contribution in [0.1, 0.15) is 17.3 Å². The number of carbonyl (C=O) groups is 1. The van der Waals surface area contributed by atoms with Gasteiger partial charge in [-0.05, 0) is 19.1 Å². The summed E-state index contributed by atoms with van der Waals surface area (Å²) in [4.78, 5) is 11.7. The highest BCUT2D eigenvalue weighted by atomic mass is 16.7. The summed E-state index contributed by atoms with van der Waals surface area (Å²) in [5.41, 5.74) is 0.543. The molecule has 0 unspecified atom stereocenters. The van der Waals surface area contributed by atoms with E-state index in [2.05, 4.69) is 0 Å². The van der Waals surface area contributed by atoms with Gasteiger partial charge in [-0.2, -0.15) is 0 Å². The van der Waals surface area contributed by atoms with Crippen molar-refractivity contribution >= 4 is 5.97 Å².